The molecule has 0 fully saturated rings. The Bertz CT molecular complexity index is 949. The van der Waals surface area contributed by atoms with Gasteiger partial charge in [0.25, 0.3) is 5.91 Å². The monoisotopic (exact) mass is 370 g/mol. The summed E-state index contributed by atoms with van der Waals surface area (Å²) in [6, 6.07) is 15.0. The van der Waals surface area contributed by atoms with Gasteiger partial charge in [-0.15, -0.1) is 0 Å². The van der Waals surface area contributed by atoms with Crippen molar-refractivity contribution in [1.29, 1.82) is 0 Å². The molecule has 0 aliphatic heterocycles. The van der Waals surface area contributed by atoms with Gasteiger partial charge >= 0.3 is 5.97 Å². The second-order valence-corrected chi connectivity index (χ2v) is 6.41. The predicted molar refractivity (Wildman–Crippen MR) is 101 cm³/mol. The molecular formula is C20H19ClN2O3. The molecule has 0 atom stereocenters. The Morgan fingerprint density at radius 2 is 1.96 bits per heavy atom. The molecule has 26 heavy (non-hydrogen) atoms. The van der Waals surface area contributed by atoms with Gasteiger partial charge in [0.15, 0.2) is 6.61 Å². The Morgan fingerprint density at radius 3 is 2.77 bits per heavy atom. The topological polar surface area (TPSA) is 60.3 Å². The van der Waals surface area contributed by atoms with Crippen LogP contribution in [0.25, 0.3) is 10.9 Å². The van der Waals surface area contributed by atoms with Crippen molar-refractivity contribution in [3.63, 3.8) is 0 Å². The third-order valence-corrected chi connectivity index (χ3v) is 4.31. The van der Waals surface area contributed by atoms with Gasteiger partial charge < -0.3 is 14.6 Å². The summed E-state index contributed by atoms with van der Waals surface area (Å²) in [4.78, 5) is 24.2. The predicted octanol–water partition coefficient (Wildman–Crippen LogP) is 3.35. The summed E-state index contributed by atoms with van der Waals surface area (Å²) < 4.78 is 7.01. The number of carbonyl (C=O) groups excluding carboxylic acids is 2. The number of benzene rings is 2. The molecule has 0 radical (unpaired) electrons. The van der Waals surface area contributed by atoms with Crippen molar-refractivity contribution in [2.24, 2.45) is 7.05 Å². The quantitative estimate of drug-likeness (QED) is 0.677. The summed E-state index contributed by atoms with van der Waals surface area (Å²) in [7, 11) is 1.86. The van der Waals surface area contributed by atoms with Crippen LogP contribution in [0.2, 0.25) is 5.02 Å². The first-order chi connectivity index (χ1) is 12.5. The number of nitrogens with zero attached hydrogens (tertiary/aromatic N) is 1. The molecule has 0 saturated carbocycles. The standard InChI is InChI=1S/C20H19ClN2O3/c1-23-12-17(16-7-2-3-8-18(16)23)20(25)26-13-19(24)22-10-9-14-5-4-6-15(21)11-14/h2-8,11-12H,9-10,13H2,1H3,(H,22,24). The van der Waals surface area contributed by atoms with Gasteiger partial charge in [0.1, 0.15) is 0 Å². The molecule has 1 N–H and O–H groups in total. The zero-order chi connectivity index (χ0) is 18.5. The number of hydrogen-bond acceptors (Lipinski definition) is 3. The molecule has 0 saturated heterocycles. The fraction of sp³-hybridized carbons (Fsp3) is 0.200. The smallest absolute Gasteiger partial charge is 0.340 e. The number of fused-ring (bicyclic) bond motifs is 1. The number of aromatic nitrogens is 1. The maximum atomic E-state index is 12.3. The fourth-order valence-corrected chi connectivity index (χ4v) is 3.02. The van der Waals surface area contributed by atoms with Gasteiger partial charge in [0.2, 0.25) is 0 Å². The van der Waals surface area contributed by atoms with E-state index in [-0.39, 0.29) is 12.5 Å². The van der Waals surface area contributed by atoms with Crippen LogP contribution in [-0.2, 0) is 23.0 Å². The molecule has 2 aromatic carbocycles. The molecule has 0 unspecified atom stereocenters. The number of nitrogens with one attached hydrogen (secondary N) is 1. The summed E-state index contributed by atoms with van der Waals surface area (Å²) in [6.07, 6.45) is 2.37. The van der Waals surface area contributed by atoms with Gasteiger partial charge in [-0.3, -0.25) is 4.79 Å². The lowest BCUT2D eigenvalue weighted by atomic mass is 10.1. The first-order valence-corrected chi connectivity index (χ1v) is 8.65. The maximum Gasteiger partial charge on any atom is 0.340 e. The maximum absolute atomic E-state index is 12.3. The molecule has 0 aliphatic rings. The second-order valence-electron chi connectivity index (χ2n) is 5.98. The van der Waals surface area contributed by atoms with Gasteiger partial charge in [-0.05, 0) is 30.2 Å². The normalized spacial score (nSPS) is 10.7. The Morgan fingerprint density at radius 1 is 1.15 bits per heavy atom. The van der Waals surface area contributed by atoms with Crippen LogP contribution in [0.5, 0.6) is 0 Å². The second kappa shape index (κ2) is 8.06. The number of ether oxygens (including phenoxy) is 1. The minimum Gasteiger partial charge on any atom is -0.452 e. The van der Waals surface area contributed by atoms with Crippen molar-refractivity contribution in [2.75, 3.05) is 13.2 Å². The Balaban J connectivity index is 1.50. The summed E-state index contributed by atoms with van der Waals surface area (Å²) >= 11 is 5.93. The van der Waals surface area contributed by atoms with Crippen LogP contribution in [0.15, 0.2) is 54.7 Å². The van der Waals surface area contributed by atoms with Gasteiger partial charge in [-0.2, -0.15) is 0 Å². The minimum absolute atomic E-state index is 0.308. The number of hydrogen-bond donors (Lipinski definition) is 1. The van der Waals surface area contributed by atoms with Crippen LogP contribution in [0.3, 0.4) is 0 Å². The van der Waals surface area contributed by atoms with Crippen molar-refractivity contribution in [1.82, 2.24) is 9.88 Å². The van der Waals surface area contributed by atoms with Crippen LogP contribution >= 0.6 is 11.6 Å². The van der Waals surface area contributed by atoms with Gasteiger partial charge in [0.05, 0.1) is 5.56 Å². The highest BCUT2D eigenvalue weighted by atomic mass is 35.5. The average Bonchev–Trinajstić information content (AvgIpc) is 2.97. The number of aryl methyl sites for hydroxylation is 1. The molecule has 0 aliphatic carbocycles. The number of amides is 1. The van der Waals surface area contributed by atoms with Crippen LogP contribution in [0, 0.1) is 0 Å². The van der Waals surface area contributed by atoms with Crippen LogP contribution in [-0.4, -0.2) is 29.6 Å². The van der Waals surface area contributed by atoms with Crippen molar-refractivity contribution in [3.8, 4) is 0 Å². The number of esters is 1. The van der Waals surface area contributed by atoms with Crippen LogP contribution in [0.4, 0.5) is 0 Å². The molecule has 0 spiro atoms. The number of para-hydroxylation sites is 1. The van der Waals surface area contributed by atoms with Crippen molar-refractivity contribution < 1.29 is 14.3 Å². The highest BCUT2D eigenvalue weighted by molar-refractivity contribution is 6.30. The largest absolute Gasteiger partial charge is 0.452 e. The van der Waals surface area contributed by atoms with E-state index in [1.165, 1.54) is 0 Å². The van der Waals surface area contributed by atoms with Crippen molar-refractivity contribution in [2.45, 2.75) is 6.42 Å². The van der Waals surface area contributed by atoms with E-state index in [1.807, 2.05) is 54.1 Å². The van der Waals surface area contributed by atoms with E-state index in [2.05, 4.69) is 5.32 Å². The van der Waals surface area contributed by atoms with Gasteiger partial charge in [-0.1, -0.05) is 41.9 Å². The lowest BCUT2D eigenvalue weighted by molar-refractivity contribution is -0.124. The van der Waals surface area contributed by atoms with E-state index in [4.69, 9.17) is 16.3 Å². The molecule has 3 rings (SSSR count). The molecule has 0 bridgehead atoms. The van der Waals surface area contributed by atoms with E-state index >= 15 is 0 Å². The van der Waals surface area contributed by atoms with E-state index in [0.29, 0.717) is 23.6 Å². The lowest BCUT2D eigenvalue weighted by Crippen LogP contribution is -2.30. The zero-order valence-electron chi connectivity index (χ0n) is 14.4. The zero-order valence-corrected chi connectivity index (χ0v) is 15.1. The van der Waals surface area contributed by atoms with E-state index in [0.717, 1.165) is 16.5 Å². The fourth-order valence-electron chi connectivity index (χ4n) is 2.80. The lowest BCUT2D eigenvalue weighted by Gasteiger charge is -2.07. The minimum atomic E-state index is -0.508. The summed E-state index contributed by atoms with van der Waals surface area (Å²) in [6.45, 7) is 0.141. The third kappa shape index (κ3) is 4.24. The Hall–Kier alpha value is -2.79. The molecule has 134 valence electrons. The van der Waals surface area contributed by atoms with Crippen LogP contribution < -0.4 is 5.32 Å². The van der Waals surface area contributed by atoms with Crippen molar-refractivity contribution >= 4 is 34.4 Å². The van der Waals surface area contributed by atoms with Crippen LogP contribution in [0.1, 0.15) is 15.9 Å². The number of rotatable bonds is 6. The van der Waals surface area contributed by atoms with Crippen molar-refractivity contribution in [3.05, 3.63) is 70.9 Å². The summed E-state index contributed by atoms with van der Waals surface area (Å²) in [5.41, 5.74) is 2.42. The highest BCUT2D eigenvalue weighted by Crippen LogP contribution is 2.20. The summed E-state index contributed by atoms with van der Waals surface area (Å²) in [5.74, 6) is -0.840. The van der Waals surface area contributed by atoms with Gasteiger partial charge in [0, 0.05) is 35.7 Å². The molecule has 5 nitrogen and oxygen atoms in total. The molecule has 1 amide bonds. The molecule has 1 heterocycles. The molecule has 1 aromatic heterocycles. The summed E-state index contributed by atoms with van der Waals surface area (Å²) in [5, 5.41) is 4.21. The molecule has 3 aromatic rings. The molecular weight excluding hydrogens is 352 g/mol. The average molecular weight is 371 g/mol. The van der Waals surface area contributed by atoms with E-state index in [1.54, 1.807) is 12.3 Å². The number of halogens is 1. The first kappa shape index (κ1) is 18.0. The van der Waals surface area contributed by atoms with Gasteiger partial charge in [-0.25, -0.2) is 4.79 Å². The highest BCUT2D eigenvalue weighted by Gasteiger charge is 2.16. The Kier molecular flexibility index (Phi) is 5.58. The number of carbonyl (C=O) groups is 2. The Labute approximate surface area is 156 Å². The van der Waals surface area contributed by atoms with E-state index < -0.39 is 5.97 Å². The van der Waals surface area contributed by atoms with E-state index in [9.17, 15) is 9.59 Å². The SMILES string of the molecule is Cn1cc(C(=O)OCC(=O)NCCc2cccc(Cl)c2)c2ccccc21. The third-order valence-electron chi connectivity index (χ3n) is 4.08. The molecule has 6 heteroatoms. The first-order valence-electron chi connectivity index (χ1n) is 8.27.